The van der Waals surface area contributed by atoms with E-state index in [0.29, 0.717) is 35.5 Å². The first kappa shape index (κ1) is 26.3. The van der Waals surface area contributed by atoms with Crippen molar-refractivity contribution in [1.29, 1.82) is 0 Å². The SMILES string of the molecule is COc1ccc([C@@H]2CC(=O)C3=C(C2)NC(C)=C(C(=O)Nc2ccc(C)cc2)[C@@H]3c2cccc(C)c2)cc1OC. The topological polar surface area (TPSA) is 76.7 Å². The summed E-state index contributed by atoms with van der Waals surface area (Å²) in [5, 5.41) is 6.52. The summed E-state index contributed by atoms with van der Waals surface area (Å²) >= 11 is 0. The van der Waals surface area contributed by atoms with Gasteiger partial charge in [0.1, 0.15) is 0 Å². The van der Waals surface area contributed by atoms with Gasteiger partial charge in [0.15, 0.2) is 17.3 Å². The molecule has 200 valence electrons. The van der Waals surface area contributed by atoms with E-state index < -0.39 is 5.92 Å². The summed E-state index contributed by atoms with van der Waals surface area (Å²) in [6, 6.07) is 21.6. The molecule has 6 nitrogen and oxygen atoms in total. The Morgan fingerprint density at radius 3 is 2.28 bits per heavy atom. The normalized spacial score (nSPS) is 18.8. The molecule has 2 N–H and O–H groups in total. The molecule has 2 aliphatic rings. The molecule has 5 rings (SSSR count). The van der Waals surface area contributed by atoms with Crippen molar-refractivity contribution in [1.82, 2.24) is 5.32 Å². The van der Waals surface area contributed by atoms with Crippen molar-refractivity contribution in [3.63, 3.8) is 0 Å². The highest BCUT2D eigenvalue weighted by molar-refractivity contribution is 6.10. The Hall–Kier alpha value is -4.32. The minimum atomic E-state index is -0.453. The third kappa shape index (κ3) is 5.19. The second-order valence-electron chi connectivity index (χ2n) is 10.4. The first-order valence-electron chi connectivity index (χ1n) is 13.2. The van der Waals surface area contributed by atoms with Gasteiger partial charge >= 0.3 is 0 Å². The maximum Gasteiger partial charge on any atom is 0.254 e. The van der Waals surface area contributed by atoms with Crippen LogP contribution in [0.15, 0.2) is 89.3 Å². The minimum absolute atomic E-state index is 0.0162. The molecule has 0 aromatic heterocycles. The summed E-state index contributed by atoms with van der Waals surface area (Å²) in [5.41, 5.74) is 7.75. The fourth-order valence-corrected chi connectivity index (χ4v) is 5.70. The Balaban J connectivity index is 1.54. The molecule has 3 aromatic carbocycles. The number of carbonyl (C=O) groups excluding carboxylic acids is 2. The van der Waals surface area contributed by atoms with Gasteiger partial charge in [-0.25, -0.2) is 0 Å². The number of Topliss-reactive ketones (excluding diaryl/α,β-unsaturated/α-hetero) is 1. The van der Waals surface area contributed by atoms with Gasteiger partial charge < -0.3 is 20.1 Å². The van der Waals surface area contributed by atoms with Crippen LogP contribution in [0.2, 0.25) is 0 Å². The van der Waals surface area contributed by atoms with Crippen LogP contribution < -0.4 is 20.1 Å². The Labute approximate surface area is 229 Å². The third-order valence-electron chi connectivity index (χ3n) is 7.64. The van der Waals surface area contributed by atoms with Gasteiger partial charge in [-0.2, -0.15) is 0 Å². The Kier molecular flexibility index (Phi) is 7.29. The molecule has 0 fully saturated rings. The lowest BCUT2D eigenvalue weighted by Crippen LogP contribution is -2.37. The molecule has 3 aromatic rings. The number of hydrogen-bond acceptors (Lipinski definition) is 5. The van der Waals surface area contributed by atoms with E-state index in [9.17, 15) is 9.59 Å². The third-order valence-corrected chi connectivity index (χ3v) is 7.64. The van der Waals surface area contributed by atoms with Crippen LogP contribution in [-0.2, 0) is 9.59 Å². The fourth-order valence-electron chi connectivity index (χ4n) is 5.70. The number of rotatable bonds is 6. The molecule has 0 unspecified atom stereocenters. The molecular formula is C33H34N2O4. The quantitative estimate of drug-likeness (QED) is 0.396. The van der Waals surface area contributed by atoms with Crippen molar-refractivity contribution >= 4 is 17.4 Å². The van der Waals surface area contributed by atoms with Gasteiger partial charge in [-0.1, -0.05) is 53.6 Å². The molecule has 1 heterocycles. The van der Waals surface area contributed by atoms with Gasteiger partial charge in [-0.05, 0) is 68.5 Å². The number of anilines is 1. The zero-order valence-corrected chi connectivity index (χ0v) is 23.1. The zero-order chi connectivity index (χ0) is 27.7. The van der Waals surface area contributed by atoms with Crippen molar-refractivity contribution in [2.24, 2.45) is 0 Å². The molecule has 0 saturated heterocycles. The highest BCUT2D eigenvalue weighted by Crippen LogP contribution is 2.46. The Morgan fingerprint density at radius 1 is 0.846 bits per heavy atom. The average Bonchev–Trinajstić information content (AvgIpc) is 2.92. The predicted octanol–water partition coefficient (Wildman–Crippen LogP) is 6.32. The molecule has 39 heavy (non-hydrogen) atoms. The second-order valence-corrected chi connectivity index (χ2v) is 10.4. The van der Waals surface area contributed by atoms with E-state index in [1.54, 1.807) is 14.2 Å². The van der Waals surface area contributed by atoms with Crippen molar-refractivity contribution in [3.05, 3.63) is 112 Å². The van der Waals surface area contributed by atoms with E-state index in [1.165, 1.54) is 0 Å². The maximum atomic E-state index is 13.9. The number of ketones is 1. The number of dihydropyridines is 1. The number of aryl methyl sites for hydroxylation is 2. The van der Waals surface area contributed by atoms with Crippen LogP contribution in [-0.4, -0.2) is 25.9 Å². The summed E-state index contributed by atoms with van der Waals surface area (Å²) in [5.74, 6) is 0.659. The first-order chi connectivity index (χ1) is 18.8. The molecule has 1 aliphatic carbocycles. The largest absolute Gasteiger partial charge is 0.493 e. The molecule has 1 aliphatic heterocycles. The standard InChI is InChI=1S/C33H34N2O4/c1-19-9-12-25(13-10-19)35-33(37)30-21(3)34-26-16-24(22-11-14-28(38-4)29(18-22)39-5)17-27(36)32(26)31(30)23-8-6-7-20(2)15-23/h6-15,18,24,31,34H,16-17H2,1-5H3,(H,35,37)/t24-,31-/m0/s1. The molecule has 0 bridgehead atoms. The number of amides is 1. The van der Waals surface area contributed by atoms with Gasteiger partial charge in [-0.3, -0.25) is 9.59 Å². The van der Waals surface area contributed by atoms with Crippen molar-refractivity contribution in [2.75, 3.05) is 19.5 Å². The van der Waals surface area contributed by atoms with E-state index in [1.807, 2.05) is 81.4 Å². The lowest BCUT2D eigenvalue weighted by atomic mass is 9.71. The van der Waals surface area contributed by atoms with E-state index in [4.69, 9.17) is 9.47 Å². The van der Waals surface area contributed by atoms with E-state index >= 15 is 0 Å². The smallest absolute Gasteiger partial charge is 0.254 e. The van der Waals surface area contributed by atoms with Crippen LogP contribution in [0.25, 0.3) is 0 Å². The van der Waals surface area contributed by atoms with E-state index in [-0.39, 0.29) is 17.6 Å². The zero-order valence-electron chi connectivity index (χ0n) is 23.1. The fraction of sp³-hybridized carbons (Fsp3) is 0.273. The van der Waals surface area contributed by atoms with E-state index in [0.717, 1.165) is 39.3 Å². The number of nitrogens with one attached hydrogen (secondary N) is 2. The highest BCUT2D eigenvalue weighted by Gasteiger charge is 2.41. The van der Waals surface area contributed by atoms with Crippen LogP contribution in [0.5, 0.6) is 11.5 Å². The first-order valence-corrected chi connectivity index (χ1v) is 13.2. The lowest BCUT2D eigenvalue weighted by Gasteiger charge is -2.37. The molecule has 0 saturated carbocycles. The van der Waals surface area contributed by atoms with Gasteiger partial charge in [0.2, 0.25) is 0 Å². The van der Waals surface area contributed by atoms with Gasteiger partial charge in [0, 0.05) is 40.6 Å². The van der Waals surface area contributed by atoms with Crippen molar-refractivity contribution < 1.29 is 19.1 Å². The van der Waals surface area contributed by atoms with E-state index in [2.05, 4.69) is 16.7 Å². The monoisotopic (exact) mass is 522 g/mol. The molecule has 6 heteroatoms. The number of ether oxygens (including phenoxy) is 2. The molecular weight excluding hydrogens is 488 g/mol. The van der Waals surface area contributed by atoms with Crippen LogP contribution >= 0.6 is 0 Å². The van der Waals surface area contributed by atoms with Gasteiger partial charge in [0.25, 0.3) is 5.91 Å². The lowest BCUT2D eigenvalue weighted by molar-refractivity contribution is -0.116. The van der Waals surface area contributed by atoms with Crippen LogP contribution in [0.3, 0.4) is 0 Å². The number of benzene rings is 3. The van der Waals surface area contributed by atoms with Crippen LogP contribution in [0.1, 0.15) is 53.9 Å². The number of allylic oxidation sites excluding steroid dienone is 3. The summed E-state index contributed by atoms with van der Waals surface area (Å²) in [6.07, 6.45) is 1.01. The number of carbonyl (C=O) groups is 2. The second kappa shape index (κ2) is 10.8. The Morgan fingerprint density at radius 2 is 1.59 bits per heavy atom. The molecule has 0 spiro atoms. The molecule has 0 radical (unpaired) electrons. The Bertz CT molecular complexity index is 1500. The highest BCUT2D eigenvalue weighted by atomic mass is 16.5. The summed E-state index contributed by atoms with van der Waals surface area (Å²) in [6.45, 7) is 5.95. The van der Waals surface area contributed by atoms with Gasteiger partial charge in [-0.15, -0.1) is 0 Å². The predicted molar refractivity (Wildman–Crippen MR) is 153 cm³/mol. The average molecular weight is 523 g/mol. The van der Waals surface area contributed by atoms with Gasteiger partial charge in [0.05, 0.1) is 14.2 Å². The summed E-state index contributed by atoms with van der Waals surface area (Å²) in [4.78, 5) is 27.7. The molecule has 2 atom stereocenters. The van der Waals surface area contributed by atoms with Crippen LogP contribution in [0.4, 0.5) is 5.69 Å². The van der Waals surface area contributed by atoms with Crippen molar-refractivity contribution in [3.8, 4) is 11.5 Å². The van der Waals surface area contributed by atoms with Crippen molar-refractivity contribution in [2.45, 2.75) is 45.4 Å². The summed E-state index contributed by atoms with van der Waals surface area (Å²) in [7, 11) is 3.22. The summed E-state index contributed by atoms with van der Waals surface area (Å²) < 4.78 is 10.9. The minimum Gasteiger partial charge on any atom is -0.493 e. The molecule has 1 amide bonds. The number of methoxy groups -OCH3 is 2. The van der Waals surface area contributed by atoms with Crippen LogP contribution in [0, 0.1) is 13.8 Å². The number of hydrogen-bond donors (Lipinski definition) is 2. The maximum absolute atomic E-state index is 13.9.